The van der Waals surface area contributed by atoms with E-state index in [4.69, 9.17) is 0 Å². The van der Waals surface area contributed by atoms with Crippen LogP contribution in [0, 0.1) is 13.8 Å². The van der Waals surface area contributed by atoms with Gasteiger partial charge in [0.2, 0.25) is 5.91 Å². The summed E-state index contributed by atoms with van der Waals surface area (Å²) in [5, 5.41) is 3.02. The number of rotatable bonds is 5. The van der Waals surface area contributed by atoms with Gasteiger partial charge >= 0.3 is 0 Å². The van der Waals surface area contributed by atoms with Crippen molar-refractivity contribution in [2.24, 2.45) is 0 Å². The fraction of sp³-hybridized carbons (Fsp3) is 0.562. The molecule has 1 aromatic carbocycles. The van der Waals surface area contributed by atoms with Crippen LogP contribution in [-0.2, 0) is 11.3 Å². The van der Waals surface area contributed by atoms with Crippen molar-refractivity contribution in [3.63, 3.8) is 0 Å². The molecule has 110 valence electrons. The summed E-state index contributed by atoms with van der Waals surface area (Å²) < 4.78 is 0. The Labute approximate surface area is 121 Å². The van der Waals surface area contributed by atoms with Crippen molar-refractivity contribution in [2.45, 2.75) is 58.7 Å². The fourth-order valence-corrected chi connectivity index (χ4v) is 2.68. The molecule has 0 saturated carbocycles. The van der Waals surface area contributed by atoms with Crippen molar-refractivity contribution < 1.29 is 4.79 Å². The largest absolute Gasteiger partial charge is 0.351 e. The monoisotopic (exact) mass is 275 g/mol. The molecule has 0 bridgehead atoms. The van der Waals surface area contributed by atoms with Crippen LogP contribution in [0.4, 0.5) is 0 Å². The lowest BCUT2D eigenvalue weighted by molar-refractivity contribution is -0.123. The molecule has 0 radical (unpaired) electrons. The van der Waals surface area contributed by atoms with Crippen LogP contribution in [0.15, 0.2) is 18.2 Å². The van der Waals surface area contributed by atoms with E-state index in [0.717, 1.165) is 19.3 Å². The van der Waals surface area contributed by atoms with Gasteiger partial charge in [-0.1, -0.05) is 37.1 Å². The first-order valence-electron chi connectivity index (χ1n) is 7.45. The maximum absolute atomic E-state index is 12.1. The molecular weight excluding hydrogens is 250 g/mol. The van der Waals surface area contributed by atoms with Gasteiger partial charge < -0.3 is 5.32 Å². The standard InChI is InChI=1S/C16H25N3O/c1-4-5-14-9-15(19-18-14)16(20)17-10-13-7-6-11(2)8-12(13)3/h6-8,14-15,18-19H,4-5,9-10H2,1-3H3,(H,17,20). The zero-order valence-corrected chi connectivity index (χ0v) is 12.6. The third kappa shape index (κ3) is 3.81. The Morgan fingerprint density at radius 2 is 2.15 bits per heavy atom. The zero-order valence-electron chi connectivity index (χ0n) is 12.6. The van der Waals surface area contributed by atoms with Crippen LogP contribution in [0.5, 0.6) is 0 Å². The summed E-state index contributed by atoms with van der Waals surface area (Å²) in [7, 11) is 0. The molecule has 0 spiro atoms. The van der Waals surface area contributed by atoms with E-state index in [1.165, 1.54) is 16.7 Å². The molecule has 20 heavy (non-hydrogen) atoms. The lowest BCUT2D eigenvalue weighted by Gasteiger charge is -2.12. The average Bonchev–Trinajstić information content (AvgIpc) is 2.86. The second-order valence-corrected chi connectivity index (χ2v) is 5.71. The number of hydrogen-bond acceptors (Lipinski definition) is 3. The van der Waals surface area contributed by atoms with Gasteiger partial charge in [-0.3, -0.25) is 10.2 Å². The number of carbonyl (C=O) groups excluding carboxylic acids is 1. The maximum Gasteiger partial charge on any atom is 0.238 e. The predicted octanol–water partition coefficient (Wildman–Crippen LogP) is 1.95. The predicted molar refractivity (Wildman–Crippen MR) is 81.1 cm³/mol. The van der Waals surface area contributed by atoms with Gasteiger partial charge in [-0.15, -0.1) is 0 Å². The van der Waals surface area contributed by atoms with Crippen LogP contribution in [0.25, 0.3) is 0 Å². The minimum atomic E-state index is -0.114. The molecule has 4 nitrogen and oxygen atoms in total. The lowest BCUT2D eigenvalue weighted by atomic mass is 10.0. The third-order valence-electron chi connectivity index (χ3n) is 3.89. The van der Waals surface area contributed by atoms with Crippen LogP contribution in [0.2, 0.25) is 0 Å². The van der Waals surface area contributed by atoms with E-state index in [2.05, 4.69) is 55.1 Å². The van der Waals surface area contributed by atoms with Crippen LogP contribution in [-0.4, -0.2) is 18.0 Å². The molecule has 1 aliphatic rings. The van der Waals surface area contributed by atoms with E-state index in [1.807, 2.05) is 0 Å². The van der Waals surface area contributed by atoms with Gasteiger partial charge in [-0.2, -0.15) is 0 Å². The van der Waals surface area contributed by atoms with Gasteiger partial charge in [0.15, 0.2) is 0 Å². The van der Waals surface area contributed by atoms with E-state index in [1.54, 1.807) is 0 Å². The summed E-state index contributed by atoms with van der Waals surface area (Å²) in [5.74, 6) is 0.0797. The average molecular weight is 275 g/mol. The van der Waals surface area contributed by atoms with E-state index < -0.39 is 0 Å². The van der Waals surface area contributed by atoms with Crippen LogP contribution < -0.4 is 16.2 Å². The molecular formula is C16H25N3O. The summed E-state index contributed by atoms with van der Waals surface area (Å²) in [4.78, 5) is 12.1. The highest BCUT2D eigenvalue weighted by Gasteiger charge is 2.28. The van der Waals surface area contributed by atoms with E-state index in [-0.39, 0.29) is 11.9 Å². The van der Waals surface area contributed by atoms with E-state index >= 15 is 0 Å². The number of carbonyl (C=O) groups is 1. The first-order chi connectivity index (χ1) is 9.60. The summed E-state index contributed by atoms with van der Waals surface area (Å²) >= 11 is 0. The molecule has 1 fully saturated rings. The van der Waals surface area contributed by atoms with Gasteiger partial charge in [-0.25, -0.2) is 5.43 Å². The summed E-state index contributed by atoms with van der Waals surface area (Å²) in [6.07, 6.45) is 3.11. The Bertz CT molecular complexity index is 473. The normalized spacial score (nSPS) is 21.9. The number of hydrogen-bond donors (Lipinski definition) is 3. The SMILES string of the molecule is CCCC1CC(C(=O)NCc2ccc(C)cc2C)NN1. The smallest absolute Gasteiger partial charge is 0.238 e. The third-order valence-corrected chi connectivity index (χ3v) is 3.89. The van der Waals surface area contributed by atoms with Crippen molar-refractivity contribution >= 4 is 5.91 Å². The Balaban J connectivity index is 1.83. The van der Waals surface area contributed by atoms with Crippen molar-refractivity contribution in [1.29, 1.82) is 0 Å². The molecule has 0 aliphatic carbocycles. The molecule has 0 aromatic heterocycles. The topological polar surface area (TPSA) is 53.2 Å². The zero-order chi connectivity index (χ0) is 14.5. The summed E-state index contributed by atoms with van der Waals surface area (Å²) in [6, 6.07) is 6.62. The molecule has 2 unspecified atom stereocenters. The Hall–Kier alpha value is -1.39. The number of benzene rings is 1. The summed E-state index contributed by atoms with van der Waals surface area (Å²) in [6.45, 7) is 6.93. The number of hydrazine groups is 1. The second kappa shape index (κ2) is 6.86. The van der Waals surface area contributed by atoms with Gasteiger partial charge in [0.05, 0.1) is 0 Å². The second-order valence-electron chi connectivity index (χ2n) is 5.71. The molecule has 1 saturated heterocycles. The Morgan fingerprint density at radius 3 is 2.85 bits per heavy atom. The van der Waals surface area contributed by atoms with Crippen LogP contribution >= 0.6 is 0 Å². The number of amides is 1. The summed E-state index contributed by atoms with van der Waals surface area (Å²) in [5.41, 5.74) is 9.94. The van der Waals surface area contributed by atoms with E-state index in [9.17, 15) is 4.79 Å². The van der Waals surface area contributed by atoms with Gasteiger partial charge in [0, 0.05) is 12.6 Å². The highest BCUT2D eigenvalue weighted by molar-refractivity contribution is 5.82. The molecule has 1 aromatic rings. The molecule has 4 heteroatoms. The van der Waals surface area contributed by atoms with Gasteiger partial charge in [0.25, 0.3) is 0 Å². The van der Waals surface area contributed by atoms with Crippen LogP contribution in [0.3, 0.4) is 0 Å². The Kier molecular flexibility index (Phi) is 5.15. The molecule has 2 atom stereocenters. The minimum Gasteiger partial charge on any atom is -0.351 e. The first-order valence-corrected chi connectivity index (χ1v) is 7.45. The first kappa shape index (κ1) is 15.0. The highest BCUT2D eigenvalue weighted by Crippen LogP contribution is 2.12. The molecule has 2 rings (SSSR count). The van der Waals surface area contributed by atoms with Crippen LogP contribution in [0.1, 0.15) is 42.9 Å². The molecule has 3 N–H and O–H groups in total. The van der Waals surface area contributed by atoms with Gasteiger partial charge in [0.1, 0.15) is 6.04 Å². The van der Waals surface area contributed by atoms with Crippen molar-refractivity contribution in [3.8, 4) is 0 Å². The highest BCUT2D eigenvalue weighted by atomic mass is 16.2. The fourth-order valence-electron chi connectivity index (χ4n) is 2.68. The number of aryl methyl sites for hydroxylation is 2. The van der Waals surface area contributed by atoms with Crippen molar-refractivity contribution in [2.75, 3.05) is 0 Å². The van der Waals surface area contributed by atoms with E-state index in [0.29, 0.717) is 12.6 Å². The van der Waals surface area contributed by atoms with Gasteiger partial charge in [-0.05, 0) is 37.8 Å². The lowest BCUT2D eigenvalue weighted by Crippen LogP contribution is -2.43. The number of nitrogens with one attached hydrogen (secondary N) is 3. The molecule has 1 amide bonds. The molecule has 1 aliphatic heterocycles. The molecule has 1 heterocycles. The Morgan fingerprint density at radius 1 is 1.35 bits per heavy atom. The quantitative estimate of drug-likeness (QED) is 0.770. The van der Waals surface area contributed by atoms with Crippen molar-refractivity contribution in [3.05, 3.63) is 34.9 Å². The minimum absolute atomic E-state index is 0.0797. The maximum atomic E-state index is 12.1. The van der Waals surface area contributed by atoms with Crippen molar-refractivity contribution in [1.82, 2.24) is 16.2 Å².